The van der Waals surface area contributed by atoms with E-state index in [0.717, 1.165) is 45.8 Å². The van der Waals surface area contributed by atoms with Crippen LogP contribution >= 0.6 is 39.0 Å². The van der Waals surface area contributed by atoms with Gasteiger partial charge in [0.25, 0.3) is 0 Å². The van der Waals surface area contributed by atoms with Gasteiger partial charge in [-0.1, -0.05) is 47.0 Å². The van der Waals surface area contributed by atoms with E-state index in [-0.39, 0.29) is 66.9 Å². The number of nitrogens with zero attached hydrogens (tertiary/aromatic N) is 1. The summed E-state index contributed by atoms with van der Waals surface area (Å²) < 4.78 is 23.4. The minimum Gasteiger partial charge on any atom is -0.462 e. The van der Waals surface area contributed by atoms with Crippen molar-refractivity contribution < 1.29 is 42.9 Å². The molecule has 0 aliphatic carbocycles. The van der Waals surface area contributed by atoms with Crippen LogP contribution in [0.2, 0.25) is 0 Å². The summed E-state index contributed by atoms with van der Waals surface area (Å²) in [7, 11) is 0. The molecule has 0 aromatic carbocycles. The standard InChI is InChI=1S/C41H61BrN6O9S2/c1-26-8-7-11-38(51)57-31(20-28(3)42)22-37-46-32(24-59-37)27(2)19-30(21-39(52)56-29(4)18-26)45-23-36(50)44-13-15-55-17-16-54-14-12-43-35(49)10-6-5-9-34-40-33(25-58-34)47-41(53)48-40/h7-8,11,20,24,27,29-31,33-34,40,45H,5-6,9-10,12-19,21-23,25H2,1-4H3,(H,43,49)(H,44,50)(H2,47,48,53)/t27-,29-,30?,31?,33?,34-,40?/m0/s1. The molecule has 1 aromatic rings. The number of hydrogen-bond donors (Lipinski definition) is 5. The number of nitrogens with one attached hydrogen (secondary N) is 5. The van der Waals surface area contributed by atoms with Crippen LogP contribution in [0.25, 0.3) is 0 Å². The number of thiazole rings is 1. The van der Waals surface area contributed by atoms with E-state index in [2.05, 4.69) is 42.5 Å². The van der Waals surface area contributed by atoms with Crippen LogP contribution in [0.15, 0.2) is 39.7 Å². The number of amides is 4. The average molecular weight is 926 g/mol. The monoisotopic (exact) mass is 924 g/mol. The van der Waals surface area contributed by atoms with Gasteiger partial charge in [0.2, 0.25) is 11.8 Å². The van der Waals surface area contributed by atoms with Gasteiger partial charge < -0.3 is 45.5 Å². The minimum atomic E-state index is -0.503. The van der Waals surface area contributed by atoms with Gasteiger partial charge in [0, 0.05) is 66.8 Å². The van der Waals surface area contributed by atoms with Crippen LogP contribution in [0, 0.1) is 0 Å². The molecule has 1 aromatic heterocycles. The molecule has 328 valence electrons. The summed E-state index contributed by atoms with van der Waals surface area (Å²) in [4.78, 5) is 66.9. The summed E-state index contributed by atoms with van der Waals surface area (Å²) in [5.41, 5.74) is 1.79. The highest BCUT2D eigenvalue weighted by atomic mass is 79.9. The molecule has 4 rings (SSSR count). The molecule has 59 heavy (non-hydrogen) atoms. The molecule has 18 heteroatoms. The molecule has 2 bridgehead atoms. The predicted molar refractivity (Wildman–Crippen MR) is 233 cm³/mol. The maximum atomic E-state index is 13.1. The second-order valence-corrected chi connectivity index (χ2v) is 18.7. The van der Waals surface area contributed by atoms with Crippen LogP contribution < -0.4 is 26.6 Å². The van der Waals surface area contributed by atoms with Gasteiger partial charge in [-0.25, -0.2) is 14.6 Å². The van der Waals surface area contributed by atoms with Crippen LogP contribution in [0.3, 0.4) is 0 Å². The number of halogens is 1. The van der Waals surface area contributed by atoms with Gasteiger partial charge in [0.1, 0.15) is 12.2 Å². The third kappa shape index (κ3) is 18.9. The van der Waals surface area contributed by atoms with Gasteiger partial charge in [-0.15, -0.1) is 11.3 Å². The van der Waals surface area contributed by atoms with Gasteiger partial charge in [-0.2, -0.15) is 11.8 Å². The fourth-order valence-electron chi connectivity index (χ4n) is 7.02. The first kappa shape index (κ1) is 48.4. The summed E-state index contributed by atoms with van der Waals surface area (Å²) in [6, 6.07) is -0.0133. The number of carbonyl (C=O) groups is 5. The lowest BCUT2D eigenvalue weighted by Crippen LogP contribution is -2.42. The lowest BCUT2D eigenvalue weighted by Gasteiger charge is -2.22. The van der Waals surface area contributed by atoms with Crippen LogP contribution in [0.5, 0.6) is 0 Å². The molecular weight excluding hydrogens is 865 g/mol. The van der Waals surface area contributed by atoms with Crippen LogP contribution in [-0.4, -0.2) is 122 Å². The first-order valence-electron chi connectivity index (χ1n) is 20.5. The Morgan fingerprint density at radius 1 is 1.00 bits per heavy atom. The molecule has 4 heterocycles. The molecule has 2 saturated heterocycles. The highest BCUT2D eigenvalue weighted by Gasteiger charge is 2.42. The average Bonchev–Trinajstić information content (AvgIpc) is 3.88. The Kier molecular flexibility index (Phi) is 21.4. The Labute approximate surface area is 364 Å². The molecule has 7 atom stereocenters. The normalized spacial score (nSPS) is 25.6. The zero-order chi connectivity index (χ0) is 42.6. The lowest BCUT2D eigenvalue weighted by molar-refractivity contribution is -0.149. The largest absolute Gasteiger partial charge is 0.462 e. The summed E-state index contributed by atoms with van der Waals surface area (Å²) in [5.74, 6) is -0.155. The molecule has 0 spiro atoms. The van der Waals surface area contributed by atoms with Crippen LogP contribution in [0.4, 0.5) is 4.79 Å². The van der Waals surface area contributed by atoms with E-state index in [1.54, 1.807) is 12.2 Å². The van der Waals surface area contributed by atoms with E-state index < -0.39 is 12.1 Å². The number of carbonyl (C=O) groups excluding carboxylic acids is 5. The molecule has 4 amide bonds. The van der Waals surface area contributed by atoms with Gasteiger partial charge in [-0.3, -0.25) is 14.4 Å². The Bertz CT molecular complexity index is 1640. The molecule has 5 N–H and O–H groups in total. The molecule has 0 radical (unpaired) electrons. The van der Waals surface area contributed by atoms with Gasteiger partial charge >= 0.3 is 18.0 Å². The smallest absolute Gasteiger partial charge is 0.331 e. The maximum Gasteiger partial charge on any atom is 0.331 e. The highest BCUT2D eigenvalue weighted by molar-refractivity contribution is 9.11. The molecular formula is C41H61BrN6O9S2. The SMILES string of the molecule is CC(Br)=CC1Cc2nc(cs2)[C@@H](C)CC(NCC(=O)NCCOCCOCCNC(=O)CCCC[C@@H]2SCC3NC(=O)NC32)CC(=O)O[C@@H](C)CC(C)=CC=CC(=O)O1. The first-order valence-corrected chi connectivity index (χ1v) is 23.2. The summed E-state index contributed by atoms with van der Waals surface area (Å²) in [6.07, 6.45) is 10.5. The molecule has 3 aliphatic rings. The second-order valence-electron chi connectivity index (χ2n) is 15.2. The van der Waals surface area contributed by atoms with Gasteiger partial charge in [-0.05, 0) is 50.6 Å². The molecule has 3 aliphatic heterocycles. The van der Waals surface area contributed by atoms with Crippen molar-refractivity contribution in [3.8, 4) is 0 Å². The third-order valence-corrected chi connectivity index (χ3v) is 12.5. The number of cyclic esters (lactones) is 2. The number of rotatable bonds is 18. The van der Waals surface area contributed by atoms with E-state index in [1.807, 2.05) is 50.9 Å². The van der Waals surface area contributed by atoms with Gasteiger partial charge in [0.15, 0.2) is 0 Å². The van der Waals surface area contributed by atoms with Crippen molar-refractivity contribution >= 4 is 68.8 Å². The zero-order valence-corrected chi connectivity index (χ0v) is 37.8. The number of esters is 2. The molecule has 15 nitrogen and oxygen atoms in total. The number of ether oxygens (including phenoxy) is 4. The van der Waals surface area contributed by atoms with E-state index in [9.17, 15) is 24.0 Å². The minimum absolute atomic E-state index is 0.00295. The fraction of sp³-hybridized carbons (Fsp3) is 0.659. The third-order valence-electron chi connectivity index (χ3n) is 9.88. The molecule has 0 saturated carbocycles. The maximum absolute atomic E-state index is 13.1. The number of hydrogen-bond acceptors (Lipinski definition) is 13. The molecule has 2 fully saturated rings. The Hall–Kier alpha value is -3.29. The van der Waals surface area contributed by atoms with Crippen molar-refractivity contribution in [3.63, 3.8) is 0 Å². The summed E-state index contributed by atoms with van der Waals surface area (Å²) in [6.45, 7) is 9.78. The van der Waals surface area contributed by atoms with Crippen molar-refractivity contribution in [1.82, 2.24) is 31.6 Å². The quantitative estimate of drug-likeness (QED) is 0.0784. The van der Waals surface area contributed by atoms with E-state index in [1.165, 1.54) is 17.4 Å². The zero-order valence-electron chi connectivity index (χ0n) is 34.6. The summed E-state index contributed by atoms with van der Waals surface area (Å²) >= 11 is 6.82. The number of fused-ring (bicyclic) bond motifs is 3. The lowest BCUT2D eigenvalue weighted by atomic mass is 9.97. The van der Waals surface area contributed by atoms with Crippen LogP contribution in [-0.2, 0) is 44.5 Å². The molecule has 4 unspecified atom stereocenters. The Balaban J connectivity index is 1.11. The number of urea groups is 1. The topological polar surface area (TPSA) is 195 Å². The van der Waals surface area contributed by atoms with E-state index >= 15 is 0 Å². The number of aromatic nitrogens is 1. The van der Waals surface area contributed by atoms with Crippen molar-refractivity contribution in [2.24, 2.45) is 0 Å². The highest BCUT2D eigenvalue weighted by Crippen LogP contribution is 2.33. The van der Waals surface area contributed by atoms with Crippen LogP contribution in [0.1, 0.15) is 89.3 Å². The van der Waals surface area contributed by atoms with Crippen molar-refractivity contribution in [2.45, 2.75) is 121 Å². The first-order chi connectivity index (χ1) is 28.3. The van der Waals surface area contributed by atoms with Crippen molar-refractivity contribution in [2.75, 3.05) is 51.8 Å². The number of thioether (sulfide) groups is 1. The Morgan fingerprint density at radius 3 is 2.49 bits per heavy atom. The van der Waals surface area contributed by atoms with Crippen molar-refractivity contribution in [1.29, 1.82) is 0 Å². The Morgan fingerprint density at radius 2 is 1.75 bits per heavy atom. The van der Waals surface area contributed by atoms with Crippen molar-refractivity contribution in [3.05, 3.63) is 50.4 Å². The predicted octanol–water partition coefficient (Wildman–Crippen LogP) is 4.57. The summed E-state index contributed by atoms with van der Waals surface area (Å²) in [5, 5.41) is 18.1. The number of allylic oxidation sites excluding steroid dienone is 3. The second kappa shape index (κ2) is 26.1. The van der Waals surface area contributed by atoms with Gasteiger partial charge in [0.05, 0.1) is 62.2 Å². The number of unbranched alkanes of at least 4 members (excludes halogenated alkanes) is 1. The van der Waals surface area contributed by atoms with E-state index in [0.29, 0.717) is 70.5 Å². The fourth-order valence-corrected chi connectivity index (χ4v) is 9.82. The van der Waals surface area contributed by atoms with E-state index in [4.69, 9.17) is 23.9 Å².